The van der Waals surface area contributed by atoms with Crippen LogP contribution in [0.3, 0.4) is 0 Å². The Kier molecular flexibility index (Phi) is 7.25. The Bertz CT molecular complexity index is 207. The van der Waals surface area contributed by atoms with Crippen LogP contribution in [-0.4, -0.2) is 21.9 Å². The Hall–Kier alpha value is -0.0800. The number of hydrogen-bond donors (Lipinski definition) is 2. The molecule has 2 nitrogen and oxygen atoms in total. The maximum absolute atomic E-state index is 10.4. The van der Waals surface area contributed by atoms with Gasteiger partial charge in [-0.05, 0) is 38.0 Å². The monoisotopic (exact) mass is 256 g/mol. The zero-order chi connectivity index (χ0) is 13.4. The Morgan fingerprint density at radius 2 is 1.61 bits per heavy atom. The van der Waals surface area contributed by atoms with Crippen molar-refractivity contribution in [2.75, 3.05) is 0 Å². The molecule has 0 spiro atoms. The molecular formula is C16H32O2. The summed E-state index contributed by atoms with van der Waals surface area (Å²) in [6.45, 7) is 4.46. The maximum atomic E-state index is 10.4. The van der Waals surface area contributed by atoms with E-state index in [0.717, 1.165) is 38.5 Å². The number of aliphatic hydroxyl groups excluding tert-OH is 1. The fourth-order valence-electron chi connectivity index (χ4n) is 2.98. The molecule has 0 saturated heterocycles. The summed E-state index contributed by atoms with van der Waals surface area (Å²) in [7, 11) is 0. The van der Waals surface area contributed by atoms with Crippen molar-refractivity contribution >= 4 is 0 Å². The van der Waals surface area contributed by atoms with Crippen LogP contribution in [0.25, 0.3) is 0 Å². The van der Waals surface area contributed by atoms with Crippen molar-refractivity contribution in [1.29, 1.82) is 0 Å². The van der Waals surface area contributed by atoms with Gasteiger partial charge in [0, 0.05) is 0 Å². The summed E-state index contributed by atoms with van der Waals surface area (Å²) in [5.74, 6) is 0.714. The lowest BCUT2D eigenvalue weighted by Gasteiger charge is -2.38. The third-order valence-corrected chi connectivity index (χ3v) is 4.59. The van der Waals surface area contributed by atoms with Crippen LogP contribution in [0.15, 0.2) is 0 Å². The maximum Gasteiger partial charge on any atom is 0.0905 e. The summed E-state index contributed by atoms with van der Waals surface area (Å²) in [4.78, 5) is 0. The average molecular weight is 256 g/mol. The molecule has 1 saturated carbocycles. The molecule has 18 heavy (non-hydrogen) atoms. The van der Waals surface area contributed by atoms with Gasteiger partial charge in [0.05, 0.1) is 11.7 Å². The van der Waals surface area contributed by atoms with Crippen LogP contribution in [0.2, 0.25) is 0 Å². The molecule has 1 atom stereocenters. The molecule has 2 N–H and O–H groups in total. The average Bonchev–Trinajstić information content (AvgIpc) is 2.37. The molecule has 108 valence electrons. The molecule has 0 aromatic rings. The molecule has 1 unspecified atom stereocenters. The normalized spacial score (nSPS) is 30.3. The Morgan fingerprint density at radius 1 is 1.06 bits per heavy atom. The molecule has 0 amide bonds. The lowest BCUT2D eigenvalue weighted by Crippen LogP contribution is -2.45. The van der Waals surface area contributed by atoms with E-state index in [0.29, 0.717) is 5.92 Å². The van der Waals surface area contributed by atoms with Gasteiger partial charge in [0.15, 0.2) is 0 Å². The second kappa shape index (κ2) is 8.16. The highest BCUT2D eigenvalue weighted by molar-refractivity contribution is 4.90. The predicted molar refractivity (Wildman–Crippen MR) is 76.6 cm³/mol. The van der Waals surface area contributed by atoms with E-state index < -0.39 is 11.7 Å². The number of hydrogen-bond acceptors (Lipinski definition) is 2. The molecule has 1 fully saturated rings. The highest BCUT2D eigenvalue weighted by atomic mass is 16.3. The summed E-state index contributed by atoms with van der Waals surface area (Å²) < 4.78 is 0. The van der Waals surface area contributed by atoms with Crippen molar-refractivity contribution < 1.29 is 10.2 Å². The summed E-state index contributed by atoms with van der Waals surface area (Å²) in [6, 6.07) is 0. The number of aliphatic hydroxyl groups is 2. The first-order valence-corrected chi connectivity index (χ1v) is 7.99. The first kappa shape index (κ1) is 16.0. The largest absolute Gasteiger partial charge is 0.390 e. The number of rotatable bonds is 8. The van der Waals surface area contributed by atoms with Gasteiger partial charge < -0.3 is 10.2 Å². The van der Waals surface area contributed by atoms with E-state index in [1.54, 1.807) is 0 Å². The Morgan fingerprint density at radius 3 is 2.22 bits per heavy atom. The Labute approximate surface area is 113 Å². The molecule has 0 heterocycles. The summed E-state index contributed by atoms with van der Waals surface area (Å²) in [5.41, 5.74) is -0.782. The fraction of sp³-hybridized carbons (Fsp3) is 1.00. The fourth-order valence-corrected chi connectivity index (χ4v) is 2.98. The van der Waals surface area contributed by atoms with Crippen LogP contribution >= 0.6 is 0 Å². The van der Waals surface area contributed by atoms with Gasteiger partial charge in [-0.2, -0.15) is 0 Å². The van der Waals surface area contributed by atoms with Crippen LogP contribution < -0.4 is 0 Å². The van der Waals surface area contributed by atoms with E-state index in [1.165, 1.54) is 32.1 Å². The topological polar surface area (TPSA) is 40.5 Å². The van der Waals surface area contributed by atoms with Crippen LogP contribution in [0.1, 0.15) is 84.5 Å². The minimum atomic E-state index is -0.782. The van der Waals surface area contributed by atoms with Crippen molar-refractivity contribution in [2.24, 2.45) is 5.92 Å². The third-order valence-electron chi connectivity index (χ3n) is 4.59. The summed E-state index contributed by atoms with van der Waals surface area (Å²) in [6.07, 6.45) is 11.4. The van der Waals surface area contributed by atoms with Crippen molar-refractivity contribution in [3.63, 3.8) is 0 Å². The van der Waals surface area contributed by atoms with Crippen LogP contribution in [0, 0.1) is 5.92 Å². The van der Waals surface area contributed by atoms with Crippen molar-refractivity contribution in [3.05, 3.63) is 0 Å². The quantitative estimate of drug-likeness (QED) is 0.643. The minimum absolute atomic E-state index is 0.504. The smallest absolute Gasteiger partial charge is 0.0905 e. The SMILES string of the molecule is CCCCCCCCC(O)C1(O)CCC(C)CC1. The first-order valence-electron chi connectivity index (χ1n) is 7.99. The highest BCUT2D eigenvalue weighted by Crippen LogP contribution is 2.35. The van der Waals surface area contributed by atoms with Gasteiger partial charge in [0.1, 0.15) is 0 Å². The van der Waals surface area contributed by atoms with Crippen LogP contribution in [-0.2, 0) is 0 Å². The second-order valence-electron chi connectivity index (χ2n) is 6.36. The van der Waals surface area contributed by atoms with Gasteiger partial charge in [-0.1, -0.05) is 52.4 Å². The molecule has 1 aliphatic carbocycles. The molecule has 1 rings (SSSR count). The van der Waals surface area contributed by atoms with Crippen molar-refractivity contribution in [3.8, 4) is 0 Å². The summed E-state index contributed by atoms with van der Waals surface area (Å²) >= 11 is 0. The lowest BCUT2D eigenvalue weighted by molar-refractivity contribution is -0.106. The standard InChI is InChI=1S/C16H32O2/c1-3-4-5-6-7-8-9-15(17)16(18)12-10-14(2)11-13-16/h14-15,17-18H,3-13H2,1-2H3. The van der Waals surface area contributed by atoms with Crippen LogP contribution in [0.4, 0.5) is 0 Å². The van der Waals surface area contributed by atoms with Gasteiger partial charge in [0.25, 0.3) is 0 Å². The molecule has 1 aliphatic rings. The van der Waals surface area contributed by atoms with Gasteiger partial charge in [-0.15, -0.1) is 0 Å². The van der Waals surface area contributed by atoms with E-state index in [-0.39, 0.29) is 0 Å². The lowest BCUT2D eigenvalue weighted by atomic mass is 9.75. The molecule has 0 radical (unpaired) electrons. The van der Waals surface area contributed by atoms with E-state index >= 15 is 0 Å². The van der Waals surface area contributed by atoms with E-state index in [2.05, 4.69) is 13.8 Å². The van der Waals surface area contributed by atoms with E-state index in [9.17, 15) is 10.2 Å². The van der Waals surface area contributed by atoms with Gasteiger partial charge >= 0.3 is 0 Å². The van der Waals surface area contributed by atoms with E-state index in [1.807, 2.05) is 0 Å². The molecule has 2 heteroatoms. The Balaban J connectivity index is 2.13. The highest BCUT2D eigenvalue weighted by Gasteiger charge is 2.37. The van der Waals surface area contributed by atoms with Gasteiger partial charge in [0.2, 0.25) is 0 Å². The van der Waals surface area contributed by atoms with Gasteiger partial charge in [-0.3, -0.25) is 0 Å². The third kappa shape index (κ3) is 5.27. The molecule has 0 bridgehead atoms. The first-order chi connectivity index (χ1) is 8.58. The zero-order valence-electron chi connectivity index (χ0n) is 12.3. The van der Waals surface area contributed by atoms with Gasteiger partial charge in [-0.25, -0.2) is 0 Å². The molecular weight excluding hydrogens is 224 g/mol. The van der Waals surface area contributed by atoms with E-state index in [4.69, 9.17) is 0 Å². The molecule has 0 aliphatic heterocycles. The minimum Gasteiger partial charge on any atom is -0.390 e. The van der Waals surface area contributed by atoms with Crippen LogP contribution in [0.5, 0.6) is 0 Å². The van der Waals surface area contributed by atoms with Crippen molar-refractivity contribution in [2.45, 2.75) is 96.2 Å². The zero-order valence-corrected chi connectivity index (χ0v) is 12.3. The number of unbranched alkanes of at least 4 members (excludes halogenated alkanes) is 5. The second-order valence-corrected chi connectivity index (χ2v) is 6.36. The predicted octanol–water partition coefficient (Wildman–Crippen LogP) is 4.04. The van der Waals surface area contributed by atoms with Crippen molar-refractivity contribution in [1.82, 2.24) is 0 Å². The molecule has 0 aromatic heterocycles. The molecule has 0 aromatic carbocycles. The summed E-state index contributed by atoms with van der Waals surface area (Å²) in [5, 5.41) is 20.6.